The molecule has 3 heteroatoms. The molecule has 1 aliphatic rings. The fourth-order valence-corrected chi connectivity index (χ4v) is 7.81. The van der Waals surface area contributed by atoms with E-state index in [4.69, 9.17) is 8.83 Å². The van der Waals surface area contributed by atoms with E-state index in [0.717, 1.165) is 60.9 Å². The summed E-state index contributed by atoms with van der Waals surface area (Å²) in [6.45, 7) is 4.66. The summed E-state index contributed by atoms with van der Waals surface area (Å²) in [6.07, 6.45) is 0. The van der Waals surface area contributed by atoms with Crippen LogP contribution in [0.1, 0.15) is 25.0 Å². The second-order valence-corrected chi connectivity index (χ2v) is 13.4. The van der Waals surface area contributed by atoms with Crippen molar-refractivity contribution in [3.05, 3.63) is 163 Å². The SMILES string of the molecule is CC1(C)c2cc(N(c3ccc(-c4ccccc4)cc3)c3ccc4oc5ccccc5c4c3)ccc2-c2cc3c(cc21)oc1ccccc13. The normalized spacial score (nSPS) is 13.4. The van der Waals surface area contributed by atoms with Crippen molar-refractivity contribution in [3.8, 4) is 22.3 Å². The molecule has 0 saturated heterocycles. The molecule has 9 aromatic rings. The molecule has 2 heterocycles. The minimum atomic E-state index is -0.207. The molecule has 0 radical (unpaired) electrons. The third-order valence-electron chi connectivity index (χ3n) is 10.3. The van der Waals surface area contributed by atoms with E-state index < -0.39 is 0 Å². The third kappa shape index (κ3) is 3.94. The zero-order chi connectivity index (χ0) is 32.0. The highest BCUT2D eigenvalue weighted by Crippen LogP contribution is 2.52. The Hall–Kier alpha value is -6.06. The maximum atomic E-state index is 6.33. The lowest BCUT2D eigenvalue weighted by Crippen LogP contribution is -2.16. The third-order valence-corrected chi connectivity index (χ3v) is 10.3. The number of furan rings is 2. The number of hydrogen-bond acceptors (Lipinski definition) is 3. The van der Waals surface area contributed by atoms with Gasteiger partial charge >= 0.3 is 0 Å². The van der Waals surface area contributed by atoms with E-state index in [9.17, 15) is 0 Å². The first-order valence-corrected chi connectivity index (χ1v) is 16.5. The average molecular weight is 618 g/mol. The van der Waals surface area contributed by atoms with Crippen LogP contribution < -0.4 is 4.90 Å². The minimum absolute atomic E-state index is 0.207. The second-order valence-electron chi connectivity index (χ2n) is 13.4. The Morgan fingerprint density at radius 3 is 1.69 bits per heavy atom. The minimum Gasteiger partial charge on any atom is -0.456 e. The van der Waals surface area contributed by atoms with Crippen LogP contribution in [0, 0.1) is 0 Å². The molecule has 0 saturated carbocycles. The summed E-state index contributed by atoms with van der Waals surface area (Å²) in [7, 11) is 0. The van der Waals surface area contributed by atoms with Gasteiger partial charge in [-0.15, -0.1) is 0 Å². The summed E-state index contributed by atoms with van der Waals surface area (Å²) < 4.78 is 12.5. The molecule has 2 aromatic heterocycles. The molecule has 0 fully saturated rings. The van der Waals surface area contributed by atoms with E-state index in [0.29, 0.717) is 0 Å². The van der Waals surface area contributed by atoms with E-state index in [1.807, 2.05) is 18.2 Å². The number of para-hydroxylation sites is 2. The lowest BCUT2D eigenvalue weighted by molar-refractivity contribution is 0.647. The zero-order valence-electron chi connectivity index (χ0n) is 26.7. The summed E-state index contributed by atoms with van der Waals surface area (Å²) in [5, 5.41) is 4.55. The molecule has 7 aromatic carbocycles. The molecule has 0 aliphatic heterocycles. The van der Waals surface area contributed by atoms with Crippen LogP contribution in [0.15, 0.2) is 160 Å². The molecule has 0 atom stereocenters. The first kappa shape index (κ1) is 27.1. The highest BCUT2D eigenvalue weighted by atomic mass is 16.3. The van der Waals surface area contributed by atoms with Crippen LogP contribution in [-0.4, -0.2) is 0 Å². The maximum Gasteiger partial charge on any atom is 0.135 e. The van der Waals surface area contributed by atoms with E-state index >= 15 is 0 Å². The molecule has 0 amide bonds. The molecule has 1 aliphatic carbocycles. The molecule has 0 unspecified atom stereocenters. The number of benzene rings is 7. The number of rotatable bonds is 4. The molecule has 0 N–H and O–H groups in total. The predicted molar refractivity (Wildman–Crippen MR) is 199 cm³/mol. The molecule has 228 valence electrons. The Kier molecular flexibility index (Phi) is 5.63. The van der Waals surface area contributed by atoms with Gasteiger partial charge in [0.25, 0.3) is 0 Å². The van der Waals surface area contributed by atoms with Crippen LogP contribution in [0.25, 0.3) is 66.1 Å². The fraction of sp³-hybridized carbons (Fsp3) is 0.0667. The molecule has 48 heavy (non-hydrogen) atoms. The van der Waals surface area contributed by atoms with Gasteiger partial charge < -0.3 is 13.7 Å². The molecular weight excluding hydrogens is 587 g/mol. The Labute approximate surface area is 278 Å². The quantitative estimate of drug-likeness (QED) is 0.197. The van der Waals surface area contributed by atoms with Gasteiger partial charge in [0.15, 0.2) is 0 Å². The summed E-state index contributed by atoms with van der Waals surface area (Å²) >= 11 is 0. The summed E-state index contributed by atoms with van der Waals surface area (Å²) in [5.74, 6) is 0. The molecule has 3 nitrogen and oxygen atoms in total. The van der Waals surface area contributed by atoms with Gasteiger partial charge in [-0.25, -0.2) is 0 Å². The maximum absolute atomic E-state index is 6.33. The monoisotopic (exact) mass is 617 g/mol. The van der Waals surface area contributed by atoms with Crippen LogP contribution in [0.5, 0.6) is 0 Å². The first-order chi connectivity index (χ1) is 23.5. The van der Waals surface area contributed by atoms with Crippen molar-refractivity contribution in [1.82, 2.24) is 0 Å². The molecule has 10 rings (SSSR count). The van der Waals surface area contributed by atoms with Crippen molar-refractivity contribution < 1.29 is 8.83 Å². The Morgan fingerprint density at radius 2 is 0.938 bits per heavy atom. The van der Waals surface area contributed by atoms with Crippen LogP contribution in [0.2, 0.25) is 0 Å². The summed E-state index contributed by atoms with van der Waals surface area (Å²) in [4.78, 5) is 2.37. The van der Waals surface area contributed by atoms with Gasteiger partial charge in [-0.3, -0.25) is 0 Å². The fourth-order valence-electron chi connectivity index (χ4n) is 7.81. The van der Waals surface area contributed by atoms with Crippen molar-refractivity contribution in [2.75, 3.05) is 4.90 Å². The van der Waals surface area contributed by atoms with E-state index in [-0.39, 0.29) is 5.41 Å². The van der Waals surface area contributed by atoms with Crippen molar-refractivity contribution in [2.45, 2.75) is 19.3 Å². The van der Waals surface area contributed by atoms with Gasteiger partial charge in [-0.2, -0.15) is 0 Å². The Balaban J connectivity index is 1.15. The van der Waals surface area contributed by atoms with Gasteiger partial charge in [0, 0.05) is 44.0 Å². The van der Waals surface area contributed by atoms with Crippen LogP contribution in [-0.2, 0) is 5.41 Å². The number of hydrogen-bond donors (Lipinski definition) is 0. The first-order valence-electron chi connectivity index (χ1n) is 16.5. The molecule has 0 bridgehead atoms. The van der Waals surface area contributed by atoms with Crippen molar-refractivity contribution in [3.63, 3.8) is 0 Å². The van der Waals surface area contributed by atoms with E-state index in [1.54, 1.807) is 0 Å². The van der Waals surface area contributed by atoms with Gasteiger partial charge in [-0.1, -0.05) is 98.8 Å². The lowest BCUT2D eigenvalue weighted by Gasteiger charge is -2.28. The van der Waals surface area contributed by atoms with Gasteiger partial charge in [-0.05, 0) is 100 Å². The van der Waals surface area contributed by atoms with E-state index in [2.05, 4.69) is 152 Å². The topological polar surface area (TPSA) is 29.5 Å². The summed E-state index contributed by atoms with van der Waals surface area (Å²) in [5.41, 5.74) is 14.3. The van der Waals surface area contributed by atoms with E-state index in [1.165, 1.54) is 33.4 Å². The van der Waals surface area contributed by atoms with Crippen LogP contribution in [0.3, 0.4) is 0 Å². The van der Waals surface area contributed by atoms with Gasteiger partial charge in [0.2, 0.25) is 0 Å². The van der Waals surface area contributed by atoms with Crippen molar-refractivity contribution in [2.24, 2.45) is 0 Å². The number of fused-ring (bicyclic) bond motifs is 9. The zero-order valence-corrected chi connectivity index (χ0v) is 26.7. The Morgan fingerprint density at radius 1 is 0.396 bits per heavy atom. The number of anilines is 3. The largest absolute Gasteiger partial charge is 0.456 e. The van der Waals surface area contributed by atoms with Crippen molar-refractivity contribution in [1.29, 1.82) is 0 Å². The van der Waals surface area contributed by atoms with Gasteiger partial charge in [0.1, 0.15) is 22.3 Å². The number of nitrogens with zero attached hydrogens (tertiary/aromatic N) is 1. The standard InChI is InChI=1S/C45H31NO2/c1-45(2)39-25-32(20-22-33(39)36-26-38-35-13-7-9-15-42(35)48-44(38)27-40(36)45)46(30-18-16-29(17-19-30)28-10-4-3-5-11-28)31-21-23-43-37(24-31)34-12-6-8-14-41(34)47-43/h3-27H,1-2H3. The van der Waals surface area contributed by atoms with Crippen molar-refractivity contribution >= 4 is 60.9 Å². The highest BCUT2D eigenvalue weighted by molar-refractivity contribution is 6.08. The van der Waals surface area contributed by atoms with Crippen LogP contribution in [0.4, 0.5) is 17.1 Å². The Bertz CT molecular complexity index is 2690. The highest BCUT2D eigenvalue weighted by Gasteiger charge is 2.37. The second kappa shape index (κ2) is 9.97. The average Bonchev–Trinajstić information content (AvgIpc) is 3.75. The smallest absolute Gasteiger partial charge is 0.135 e. The molecule has 0 spiro atoms. The predicted octanol–water partition coefficient (Wildman–Crippen LogP) is 12.9. The van der Waals surface area contributed by atoms with Crippen LogP contribution >= 0.6 is 0 Å². The van der Waals surface area contributed by atoms with Gasteiger partial charge in [0.05, 0.1) is 0 Å². The molecular formula is C45H31NO2. The lowest BCUT2D eigenvalue weighted by atomic mass is 9.82. The summed E-state index contributed by atoms with van der Waals surface area (Å²) in [6, 6.07) is 54.1.